The number of halogens is 2. The SMILES string of the molecule is Cc1nc(Nc2ncc(C(=O)Nc3c(C)cccc3Cl)s2)cc(N2CCN(CC(=O)NCCOCC[NH3+])CC2)n1.[Cl-]. The summed E-state index contributed by atoms with van der Waals surface area (Å²) >= 11 is 7.47. The lowest BCUT2D eigenvalue weighted by atomic mass is 10.2. The van der Waals surface area contributed by atoms with Gasteiger partial charge in [-0.2, -0.15) is 0 Å². The van der Waals surface area contributed by atoms with Crippen molar-refractivity contribution in [2.24, 2.45) is 0 Å². The second kappa shape index (κ2) is 15.8. The summed E-state index contributed by atoms with van der Waals surface area (Å²) in [5.74, 6) is 1.72. The van der Waals surface area contributed by atoms with E-state index in [0.717, 1.165) is 44.1 Å². The molecular weight excluding hydrogens is 589 g/mol. The Bertz CT molecular complexity index is 1300. The van der Waals surface area contributed by atoms with Crippen molar-refractivity contribution in [1.82, 2.24) is 25.2 Å². The Morgan fingerprint density at radius 2 is 1.93 bits per heavy atom. The number of benzene rings is 1. The number of thiazole rings is 1. The fourth-order valence-electron chi connectivity index (χ4n) is 4.15. The van der Waals surface area contributed by atoms with Crippen molar-refractivity contribution in [3.63, 3.8) is 0 Å². The first-order valence-corrected chi connectivity index (χ1v) is 14.3. The Morgan fingerprint density at radius 1 is 1.15 bits per heavy atom. The Kier molecular flexibility index (Phi) is 12.5. The molecule has 4 rings (SSSR count). The van der Waals surface area contributed by atoms with E-state index in [2.05, 4.69) is 46.4 Å². The first kappa shape index (κ1) is 32.4. The number of hydrogen-bond acceptors (Lipinski definition) is 10. The van der Waals surface area contributed by atoms with Crippen LogP contribution in [0.1, 0.15) is 21.1 Å². The lowest BCUT2D eigenvalue weighted by Crippen LogP contribution is -3.00. The smallest absolute Gasteiger partial charge is 0.267 e. The minimum atomic E-state index is -0.282. The predicted molar refractivity (Wildman–Crippen MR) is 157 cm³/mol. The minimum Gasteiger partial charge on any atom is -1.00 e. The van der Waals surface area contributed by atoms with Gasteiger partial charge in [-0.15, -0.1) is 0 Å². The van der Waals surface area contributed by atoms with Crippen LogP contribution in [-0.2, 0) is 9.53 Å². The topological polar surface area (TPSA) is 152 Å². The number of anilines is 4. The molecule has 6 N–H and O–H groups in total. The maximum absolute atomic E-state index is 12.8. The van der Waals surface area contributed by atoms with E-state index in [9.17, 15) is 9.59 Å². The fourth-order valence-corrected chi connectivity index (χ4v) is 5.14. The summed E-state index contributed by atoms with van der Waals surface area (Å²) in [6.07, 6.45) is 1.52. The molecule has 0 radical (unpaired) electrons. The molecular formula is C26H35Cl2N9O3S. The number of quaternary nitrogens is 1. The predicted octanol–water partition coefficient (Wildman–Crippen LogP) is -1.30. The Morgan fingerprint density at radius 3 is 2.66 bits per heavy atom. The van der Waals surface area contributed by atoms with Crippen LogP contribution < -0.4 is 39.0 Å². The molecule has 41 heavy (non-hydrogen) atoms. The number of aromatic nitrogens is 3. The summed E-state index contributed by atoms with van der Waals surface area (Å²) in [4.78, 5) is 43.2. The molecule has 3 heterocycles. The molecule has 2 amide bonds. The van der Waals surface area contributed by atoms with Gasteiger partial charge in [-0.1, -0.05) is 35.1 Å². The quantitative estimate of drug-likeness (QED) is 0.180. The van der Waals surface area contributed by atoms with E-state index in [1.54, 1.807) is 6.07 Å². The molecule has 1 aliphatic heterocycles. The molecule has 15 heteroatoms. The monoisotopic (exact) mass is 623 g/mol. The van der Waals surface area contributed by atoms with Crippen molar-refractivity contribution >= 4 is 57.2 Å². The number of amides is 2. The number of hydrogen-bond donors (Lipinski definition) is 4. The number of nitrogens with one attached hydrogen (secondary N) is 3. The lowest BCUT2D eigenvalue weighted by molar-refractivity contribution is -0.374. The molecule has 12 nitrogen and oxygen atoms in total. The highest BCUT2D eigenvalue weighted by molar-refractivity contribution is 7.17. The second-order valence-corrected chi connectivity index (χ2v) is 10.7. The Labute approximate surface area is 254 Å². The molecule has 0 spiro atoms. The van der Waals surface area contributed by atoms with E-state index in [1.807, 2.05) is 32.0 Å². The van der Waals surface area contributed by atoms with E-state index in [1.165, 1.54) is 17.5 Å². The van der Waals surface area contributed by atoms with Gasteiger partial charge in [-0.05, 0) is 25.5 Å². The van der Waals surface area contributed by atoms with Crippen LogP contribution in [-0.4, -0.2) is 90.7 Å². The van der Waals surface area contributed by atoms with Crippen LogP contribution in [0.25, 0.3) is 0 Å². The number of nitrogens with zero attached hydrogens (tertiary/aromatic N) is 5. The normalized spacial score (nSPS) is 13.4. The van der Waals surface area contributed by atoms with E-state index >= 15 is 0 Å². The number of ether oxygens (including phenoxy) is 1. The number of carbonyl (C=O) groups excluding carboxylic acids is 2. The van der Waals surface area contributed by atoms with Crippen molar-refractivity contribution in [1.29, 1.82) is 0 Å². The van der Waals surface area contributed by atoms with Crippen molar-refractivity contribution in [3.8, 4) is 0 Å². The molecule has 0 saturated carbocycles. The van der Waals surface area contributed by atoms with Gasteiger partial charge in [0.05, 0.1) is 43.2 Å². The van der Waals surface area contributed by atoms with Gasteiger partial charge in [0.2, 0.25) is 5.91 Å². The van der Waals surface area contributed by atoms with Crippen LogP contribution in [0.4, 0.5) is 22.5 Å². The van der Waals surface area contributed by atoms with Gasteiger partial charge in [-0.25, -0.2) is 15.0 Å². The van der Waals surface area contributed by atoms with Gasteiger partial charge in [-0.3, -0.25) is 14.5 Å². The van der Waals surface area contributed by atoms with Crippen LogP contribution in [0.2, 0.25) is 5.02 Å². The first-order valence-electron chi connectivity index (χ1n) is 13.1. The molecule has 2 aromatic heterocycles. The summed E-state index contributed by atoms with van der Waals surface area (Å²) in [6, 6.07) is 7.33. The van der Waals surface area contributed by atoms with E-state index < -0.39 is 0 Å². The van der Waals surface area contributed by atoms with Crippen LogP contribution in [0.5, 0.6) is 0 Å². The lowest BCUT2D eigenvalue weighted by Gasteiger charge is -2.35. The van der Waals surface area contributed by atoms with E-state index in [-0.39, 0.29) is 24.2 Å². The summed E-state index contributed by atoms with van der Waals surface area (Å²) in [6.45, 7) is 9.35. The molecule has 3 aromatic rings. The van der Waals surface area contributed by atoms with Gasteiger partial charge in [0.15, 0.2) is 5.13 Å². The molecule has 1 fully saturated rings. The Balaban J connectivity index is 0.00000462. The Hall–Kier alpha value is -3.07. The zero-order valence-electron chi connectivity index (χ0n) is 23.1. The number of aryl methyl sites for hydroxylation is 2. The van der Waals surface area contributed by atoms with Crippen molar-refractivity contribution in [3.05, 3.63) is 51.7 Å². The zero-order chi connectivity index (χ0) is 28.5. The average molecular weight is 625 g/mol. The second-order valence-electron chi connectivity index (χ2n) is 9.28. The number of para-hydroxylation sites is 1. The molecule has 1 aromatic carbocycles. The zero-order valence-corrected chi connectivity index (χ0v) is 25.4. The van der Waals surface area contributed by atoms with Crippen molar-refractivity contribution in [2.45, 2.75) is 13.8 Å². The molecule has 0 atom stereocenters. The van der Waals surface area contributed by atoms with Crippen LogP contribution in [0.15, 0.2) is 30.5 Å². The maximum atomic E-state index is 12.8. The molecule has 1 saturated heterocycles. The number of carbonyl (C=O) groups is 2. The van der Waals surface area contributed by atoms with Gasteiger partial charge >= 0.3 is 0 Å². The van der Waals surface area contributed by atoms with Crippen LogP contribution in [0.3, 0.4) is 0 Å². The van der Waals surface area contributed by atoms with Crippen molar-refractivity contribution in [2.75, 3.05) is 74.6 Å². The first-order chi connectivity index (χ1) is 19.3. The molecule has 222 valence electrons. The maximum Gasteiger partial charge on any atom is 0.267 e. The van der Waals surface area contributed by atoms with Gasteiger partial charge in [0.1, 0.15) is 22.3 Å². The molecule has 0 bridgehead atoms. The third kappa shape index (κ3) is 9.48. The van der Waals surface area contributed by atoms with Gasteiger partial charge in [0.25, 0.3) is 5.91 Å². The molecule has 1 aliphatic rings. The van der Waals surface area contributed by atoms with Crippen LogP contribution >= 0.6 is 22.9 Å². The summed E-state index contributed by atoms with van der Waals surface area (Å²) in [5, 5.41) is 9.98. The summed E-state index contributed by atoms with van der Waals surface area (Å²) < 4.78 is 5.34. The number of piperazine rings is 1. The van der Waals surface area contributed by atoms with Gasteiger partial charge in [0, 0.05) is 38.8 Å². The van der Waals surface area contributed by atoms with E-state index in [0.29, 0.717) is 58.7 Å². The third-order valence-corrected chi connectivity index (χ3v) is 7.40. The van der Waals surface area contributed by atoms with Gasteiger partial charge < -0.3 is 43.7 Å². The number of rotatable bonds is 12. The largest absolute Gasteiger partial charge is 1.00 e. The standard InChI is InChI=1S/C26H34ClN9O3S.ClH/c1-17-4-3-5-19(27)24(17)34-25(38)20-15-30-26(40-20)33-21-14-22(32-18(2)31-21)36-10-8-35(9-11-36)16-23(37)29-7-13-39-12-6-28;/h3-5,14-15H,6-13,16,28H2,1-2H3,(H,29,37)(H,34,38)(H,30,31,32,33);1H. The summed E-state index contributed by atoms with van der Waals surface area (Å²) in [7, 11) is 0. The van der Waals surface area contributed by atoms with E-state index in [4.69, 9.17) is 16.3 Å². The highest BCUT2D eigenvalue weighted by Crippen LogP contribution is 2.28. The average Bonchev–Trinajstić information content (AvgIpc) is 3.39. The fraction of sp³-hybridized carbons (Fsp3) is 0.423. The molecule has 0 aliphatic carbocycles. The highest BCUT2D eigenvalue weighted by Gasteiger charge is 2.21. The van der Waals surface area contributed by atoms with Crippen molar-refractivity contribution < 1.29 is 32.5 Å². The third-order valence-electron chi connectivity index (χ3n) is 6.17. The highest BCUT2D eigenvalue weighted by atomic mass is 35.5. The minimum absolute atomic E-state index is 0. The summed E-state index contributed by atoms with van der Waals surface area (Å²) in [5.41, 5.74) is 5.19. The molecule has 0 unspecified atom stereocenters. The van der Waals surface area contributed by atoms with Crippen LogP contribution in [0, 0.1) is 13.8 Å².